The standard InChI is InChI=1S/C17H18ClNO/c1-12(10-19-13-6-7-13)11-20-17-9-8-16(18)14-4-2-3-5-15(14)17/h2-5,8-9,13,19H,1,6-7,10-11H2. The lowest BCUT2D eigenvalue weighted by Crippen LogP contribution is -2.21. The molecule has 0 bridgehead atoms. The van der Waals surface area contributed by atoms with Gasteiger partial charge in [-0.15, -0.1) is 0 Å². The van der Waals surface area contributed by atoms with E-state index in [2.05, 4.69) is 11.9 Å². The average Bonchev–Trinajstić information content (AvgIpc) is 3.29. The zero-order valence-electron chi connectivity index (χ0n) is 11.4. The van der Waals surface area contributed by atoms with Crippen molar-refractivity contribution < 1.29 is 4.74 Å². The van der Waals surface area contributed by atoms with Crippen LogP contribution in [0.3, 0.4) is 0 Å². The summed E-state index contributed by atoms with van der Waals surface area (Å²) in [5.74, 6) is 0.859. The summed E-state index contributed by atoms with van der Waals surface area (Å²) in [6.45, 7) is 5.42. The van der Waals surface area contributed by atoms with E-state index in [1.165, 1.54) is 12.8 Å². The molecule has 1 fully saturated rings. The summed E-state index contributed by atoms with van der Waals surface area (Å²) >= 11 is 6.20. The highest BCUT2D eigenvalue weighted by molar-refractivity contribution is 6.35. The third kappa shape index (κ3) is 3.14. The first kappa shape index (κ1) is 13.5. The van der Waals surface area contributed by atoms with Crippen molar-refractivity contribution >= 4 is 22.4 Å². The Bertz CT molecular complexity index is 634. The Morgan fingerprint density at radius 1 is 1.20 bits per heavy atom. The summed E-state index contributed by atoms with van der Waals surface area (Å²) in [4.78, 5) is 0. The fourth-order valence-corrected chi connectivity index (χ4v) is 2.40. The number of benzene rings is 2. The number of fused-ring (bicyclic) bond motifs is 1. The summed E-state index contributed by atoms with van der Waals surface area (Å²) in [6, 6.07) is 12.5. The number of halogens is 1. The van der Waals surface area contributed by atoms with Crippen molar-refractivity contribution in [3.8, 4) is 5.75 Å². The van der Waals surface area contributed by atoms with Crippen molar-refractivity contribution in [2.24, 2.45) is 0 Å². The molecule has 0 spiro atoms. The normalized spacial score (nSPS) is 14.4. The van der Waals surface area contributed by atoms with Gasteiger partial charge in [-0.1, -0.05) is 42.4 Å². The van der Waals surface area contributed by atoms with Crippen LogP contribution in [-0.4, -0.2) is 19.2 Å². The van der Waals surface area contributed by atoms with Crippen molar-refractivity contribution in [2.75, 3.05) is 13.2 Å². The third-order valence-electron chi connectivity index (χ3n) is 3.48. The molecule has 2 aromatic rings. The van der Waals surface area contributed by atoms with Crippen molar-refractivity contribution in [1.29, 1.82) is 0 Å². The Hall–Kier alpha value is -1.51. The minimum absolute atomic E-state index is 0.533. The fraction of sp³-hybridized carbons (Fsp3) is 0.294. The number of hydrogen-bond donors (Lipinski definition) is 1. The number of hydrogen-bond acceptors (Lipinski definition) is 2. The van der Waals surface area contributed by atoms with E-state index in [0.29, 0.717) is 12.6 Å². The van der Waals surface area contributed by atoms with Gasteiger partial charge in [0.05, 0.1) is 0 Å². The van der Waals surface area contributed by atoms with Gasteiger partial charge in [-0.05, 0) is 30.5 Å². The summed E-state index contributed by atoms with van der Waals surface area (Å²) < 4.78 is 5.89. The van der Waals surface area contributed by atoms with Crippen LogP contribution in [0.25, 0.3) is 10.8 Å². The van der Waals surface area contributed by atoms with Gasteiger partial charge in [-0.25, -0.2) is 0 Å². The molecule has 2 aromatic carbocycles. The van der Waals surface area contributed by atoms with Crippen LogP contribution in [0, 0.1) is 0 Å². The maximum Gasteiger partial charge on any atom is 0.127 e. The molecule has 1 N–H and O–H groups in total. The average molecular weight is 288 g/mol. The van der Waals surface area contributed by atoms with Crippen LogP contribution in [0.2, 0.25) is 5.02 Å². The zero-order valence-corrected chi connectivity index (χ0v) is 12.1. The van der Waals surface area contributed by atoms with Gasteiger partial charge in [0.15, 0.2) is 0 Å². The highest BCUT2D eigenvalue weighted by Gasteiger charge is 2.20. The highest BCUT2D eigenvalue weighted by Crippen LogP contribution is 2.31. The first-order valence-corrected chi connectivity index (χ1v) is 7.32. The van der Waals surface area contributed by atoms with Crippen molar-refractivity contribution in [3.63, 3.8) is 0 Å². The van der Waals surface area contributed by atoms with Gasteiger partial charge in [-0.3, -0.25) is 0 Å². The van der Waals surface area contributed by atoms with Gasteiger partial charge in [0.25, 0.3) is 0 Å². The second-order valence-electron chi connectivity index (χ2n) is 5.28. The molecule has 1 aliphatic rings. The molecule has 1 saturated carbocycles. The van der Waals surface area contributed by atoms with Crippen LogP contribution in [0.4, 0.5) is 0 Å². The van der Waals surface area contributed by atoms with Crippen molar-refractivity contribution in [1.82, 2.24) is 5.32 Å². The molecule has 0 saturated heterocycles. The maximum absolute atomic E-state index is 6.20. The molecule has 20 heavy (non-hydrogen) atoms. The van der Waals surface area contributed by atoms with Crippen LogP contribution in [0.15, 0.2) is 48.6 Å². The molecule has 3 heteroatoms. The van der Waals surface area contributed by atoms with Gasteiger partial charge < -0.3 is 10.1 Å². The molecule has 104 valence electrons. The molecular formula is C17H18ClNO. The predicted octanol–water partition coefficient (Wildman–Crippen LogP) is 4.18. The SMILES string of the molecule is C=C(CNC1CC1)COc1ccc(Cl)c2ccccc12. The van der Waals surface area contributed by atoms with Gasteiger partial charge in [0.1, 0.15) is 12.4 Å². The first-order chi connectivity index (χ1) is 9.74. The van der Waals surface area contributed by atoms with Crippen LogP contribution in [-0.2, 0) is 0 Å². The zero-order chi connectivity index (χ0) is 13.9. The Morgan fingerprint density at radius 2 is 1.95 bits per heavy atom. The number of rotatable bonds is 6. The topological polar surface area (TPSA) is 21.3 Å². The van der Waals surface area contributed by atoms with Gasteiger partial charge in [0.2, 0.25) is 0 Å². The Labute approximate surface area is 124 Å². The molecule has 0 aromatic heterocycles. The number of nitrogens with one attached hydrogen (secondary N) is 1. The smallest absolute Gasteiger partial charge is 0.127 e. The lowest BCUT2D eigenvalue weighted by Gasteiger charge is -2.12. The number of ether oxygens (including phenoxy) is 1. The second kappa shape index (κ2) is 5.86. The van der Waals surface area contributed by atoms with Gasteiger partial charge >= 0.3 is 0 Å². The van der Waals surface area contributed by atoms with E-state index in [0.717, 1.165) is 33.7 Å². The molecule has 0 amide bonds. The van der Waals surface area contributed by atoms with E-state index in [1.54, 1.807) is 0 Å². The third-order valence-corrected chi connectivity index (χ3v) is 3.81. The molecule has 1 aliphatic carbocycles. The monoisotopic (exact) mass is 287 g/mol. The highest BCUT2D eigenvalue weighted by atomic mass is 35.5. The first-order valence-electron chi connectivity index (χ1n) is 6.94. The molecule has 0 atom stereocenters. The molecule has 0 aliphatic heterocycles. The van der Waals surface area contributed by atoms with Gasteiger partial charge in [0, 0.05) is 28.4 Å². The predicted molar refractivity (Wildman–Crippen MR) is 84.6 cm³/mol. The van der Waals surface area contributed by atoms with Crippen molar-refractivity contribution in [3.05, 3.63) is 53.6 Å². The Balaban J connectivity index is 1.67. The summed E-state index contributed by atoms with van der Waals surface area (Å²) in [6.07, 6.45) is 2.58. The fourth-order valence-electron chi connectivity index (χ4n) is 2.17. The summed E-state index contributed by atoms with van der Waals surface area (Å²) in [7, 11) is 0. The van der Waals surface area contributed by atoms with Gasteiger partial charge in [-0.2, -0.15) is 0 Å². The molecular weight excluding hydrogens is 270 g/mol. The Morgan fingerprint density at radius 3 is 2.70 bits per heavy atom. The lowest BCUT2D eigenvalue weighted by molar-refractivity contribution is 0.352. The minimum Gasteiger partial charge on any atom is -0.489 e. The second-order valence-corrected chi connectivity index (χ2v) is 5.69. The van der Waals surface area contributed by atoms with Crippen molar-refractivity contribution in [2.45, 2.75) is 18.9 Å². The van der Waals surface area contributed by atoms with E-state index in [-0.39, 0.29) is 0 Å². The van der Waals surface area contributed by atoms with Crippen LogP contribution < -0.4 is 10.1 Å². The molecule has 2 nitrogen and oxygen atoms in total. The van der Waals surface area contributed by atoms with E-state index in [4.69, 9.17) is 16.3 Å². The van der Waals surface area contributed by atoms with E-state index < -0.39 is 0 Å². The quantitative estimate of drug-likeness (QED) is 0.805. The van der Waals surface area contributed by atoms with Crippen LogP contribution in [0.5, 0.6) is 5.75 Å². The largest absolute Gasteiger partial charge is 0.489 e. The Kier molecular flexibility index (Phi) is 3.95. The van der Waals surface area contributed by atoms with E-state index in [1.807, 2.05) is 36.4 Å². The molecule has 0 unspecified atom stereocenters. The maximum atomic E-state index is 6.20. The molecule has 0 radical (unpaired) electrons. The summed E-state index contributed by atoms with van der Waals surface area (Å²) in [5.41, 5.74) is 1.07. The van der Waals surface area contributed by atoms with Crippen LogP contribution in [0.1, 0.15) is 12.8 Å². The molecule has 3 rings (SSSR count). The summed E-state index contributed by atoms with van der Waals surface area (Å²) in [5, 5.41) is 6.26. The lowest BCUT2D eigenvalue weighted by atomic mass is 10.1. The minimum atomic E-state index is 0.533. The molecule has 0 heterocycles. The van der Waals surface area contributed by atoms with E-state index in [9.17, 15) is 0 Å². The van der Waals surface area contributed by atoms with Crippen LogP contribution >= 0.6 is 11.6 Å². The van der Waals surface area contributed by atoms with E-state index >= 15 is 0 Å².